The Kier molecular flexibility index (Phi) is 8.69. The molecule has 1 atom stereocenters. The molecule has 1 amide bonds. The van der Waals surface area contributed by atoms with E-state index in [1.54, 1.807) is 0 Å². The van der Waals surface area contributed by atoms with Gasteiger partial charge in [0.15, 0.2) is 5.96 Å². The molecule has 1 saturated carbocycles. The second-order valence-corrected chi connectivity index (χ2v) is 7.95. The van der Waals surface area contributed by atoms with Gasteiger partial charge in [0.25, 0.3) is 0 Å². The number of guanidine groups is 1. The lowest BCUT2D eigenvalue weighted by molar-refractivity contribution is -0.119. The molecule has 2 fully saturated rings. The van der Waals surface area contributed by atoms with Crippen molar-refractivity contribution in [1.29, 1.82) is 0 Å². The Morgan fingerprint density at radius 1 is 1.31 bits per heavy atom. The van der Waals surface area contributed by atoms with E-state index in [1.807, 2.05) is 0 Å². The Morgan fingerprint density at radius 3 is 2.73 bits per heavy atom. The van der Waals surface area contributed by atoms with Crippen molar-refractivity contribution in [2.24, 2.45) is 22.1 Å². The SMILES string of the molecule is CCNC(=NCC1(CCOCC)CCCC1)N1CCCC(CC(N)=O)C1. The summed E-state index contributed by atoms with van der Waals surface area (Å²) in [7, 11) is 0. The summed E-state index contributed by atoms with van der Waals surface area (Å²) in [6.45, 7) is 9.42. The summed E-state index contributed by atoms with van der Waals surface area (Å²) in [5.41, 5.74) is 5.71. The van der Waals surface area contributed by atoms with Crippen LogP contribution in [0, 0.1) is 11.3 Å². The number of carbonyl (C=O) groups is 1. The number of hydrogen-bond donors (Lipinski definition) is 2. The Balaban J connectivity index is 2.00. The number of amides is 1. The van der Waals surface area contributed by atoms with Crippen molar-refractivity contribution >= 4 is 11.9 Å². The molecule has 26 heavy (non-hydrogen) atoms. The van der Waals surface area contributed by atoms with Gasteiger partial charge in [0, 0.05) is 45.8 Å². The van der Waals surface area contributed by atoms with Gasteiger partial charge < -0.3 is 20.7 Å². The van der Waals surface area contributed by atoms with Crippen LogP contribution in [0.5, 0.6) is 0 Å². The molecule has 1 unspecified atom stereocenters. The predicted octanol–water partition coefficient (Wildman–Crippen LogP) is 2.53. The summed E-state index contributed by atoms with van der Waals surface area (Å²) in [4.78, 5) is 18.7. The van der Waals surface area contributed by atoms with Crippen molar-refractivity contribution < 1.29 is 9.53 Å². The zero-order valence-corrected chi connectivity index (χ0v) is 16.8. The van der Waals surface area contributed by atoms with E-state index in [4.69, 9.17) is 15.5 Å². The fourth-order valence-corrected chi connectivity index (χ4v) is 4.42. The minimum atomic E-state index is -0.195. The third-order valence-corrected chi connectivity index (χ3v) is 5.85. The fourth-order valence-electron chi connectivity index (χ4n) is 4.42. The van der Waals surface area contributed by atoms with Gasteiger partial charge in [-0.05, 0) is 57.3 Å². The third-order valence-electron chi connectivity index (χ3n) is 5.85. The molecule has 0 aromatic carbocycles. The first-order valence-corrected chi connectivity index (χ1v) is 10.5. The van der Waals surface area contributed by atoms with Crippen LogP contribution in [0.25, 0.3) is 0 Å². The molecule has 2 aliphatic rings. The molecule has 0 aromatic rings. The van der Waals surface area contributed by atoms with Gasteiger partial charge >= 0.3 is 0 Å². The van der Waals surface area contributed by atoms with Crippen LogP contribution in [0.4, 0.5) is 0 Å². The summed E-state index contributed by atoms with van der Waals surface area (Å²) < 4.78 is 5.62. The second kappa shape index (κ2) is 10.8. The van der Waals surface area contributed by atoms with Crippen molar-refractivity contribution in [1.82, 2.24) is 10.2 Å². The number of hydrogen-bond acceptors (Lipinski definition) is 3. The number of ether oxygens (including phenoxy) is 1. The van der Waals surface area contributed by atoms with Crippen LogP contribution in [0.3, 0.4) is 0 Å². The maximum Gasteiger partial charge on any atom is 0.217 e. The predicted molar refractivity (Wildman–Crippen MR) is 106 cm³/mol. The monoisotopic (exact) mass is 366 g/mol. The maximum absolute atomic E-state index is 11.3. The average Bonchev–Trinajstić information content (AvgIpc) is 3.07. The summed E-state index contributed by atoms with van der Waals surface area (Å²) in [6, 6.07) is 0. The van der Waals surface area contributed by atoms with Crippen molar-refractivity contribution in [2.45, 2.75) is 65.2 Å². The molecule has 3 N–H and O–H groups in total. The van der Waals surface area contributed by atoms with Crippen LogP contribution in [-0.2, 0) is 9.53 Å². The number of likely N-dealkylation sites (tertiary alicyclic amines) is 1. The highest BCUT2D eigenvalue weighted by Crippen LogP contribution is 2.41. The molecule has 1 aliphatic carbocycles. The van der Waals surface area contributed by atoms with Crippen LogP contribution in [0.1, 0.15) is 65.2 Å². The smallest absolute Gasteiger partial charge is 0.217 e. The van der Waals surface area contributed by atoms with Gasteiger partial charge in [-0.2, -0.15) is 0 Å². The molecular weight excluding hydrogens is 328 g/mol. The molecule has 6 heteroatoms. The number of nitrogens with two attached hydrogens (primary N) is 1. The lowest BCUT2D eigenvalue weighted by Gasteiger charge is -2.35. The Bertz CT molecular complexity index is 461. The van der Waals surface area contributed by atoms with Crippen LogP contribution >= 0.6 is 0 Å². The zero-order chi connectivity index (χ0) is 18.8. The van der Waals surface area contributed by atoms with Gasteiger partial charge in [0.1, 0.15) is 0 Å². The van der Waals surface area contributed by atoms with E-state index >= 15 is 0 Å². The summed E-state index contributed by atoms with van der Waals surface area (Å²) in [5, 5.41) is 3.46. The maximum atomic E-state index is 11.3. The number of carbonyl (C=O) groups excluding carboxylic acids is 1. The number of nitrogens with zero attached hydrogens (tertiary/aromatic N) is 2. The Labute approximate surface area is 158 Å². The van der Waals surface area contributed by atoms with Gasteiger partial charge in [-0.25, -0.2) is 0 Å². The highest BCUT2D eigenvalue weighted by Gasteiger charge is 2.34. The van der Waals surface area contributed by atoms with Gasteiger partial charge in [0.05, 0.1) is 0 Å². The first-order chi connectivity index (χ1) is 12.6. The van der Waals surface area contributed by atoms with Crippen molar-refractivity contribution in [3.05, 3.63) is 0 Å². The largest absolute Gasteiger partial charge is 0.382 e. The number of rotatable bonds is 9. The number of nitrogens with one attached hydrogen (secondary N) is 1. The van der Waals surface area contributed by atoms with Crippen LogP contribution < -0.4 is 11.1 Å². The molecular formula is C20H38N4O2. The summed E-state index contributed by atoms with van der Waals surface area (Å²) in [6.07, 6.45) is 8.89. The normalized spacial score (nSPS) is 23.2. The topological polar surface area (TPSA) is 80.0 Å². The minimum Gasteiger partial charge on any atom is -0.382 e. The minimum absolute atomic E-state index is 0.195. The number of piperidine rings is 1. The molecule has 1 aliphatic heterocycles. The lowest BCUT2D eigenvalue weighted by Crippen LogP contribution is -2.47. The molecule has 0 spiro atoms. The van der Waals surface area contributed by atoms with E-state index in [0.717, 1.165) is 64.6 Å². The first kappa shape index (κ1) is 21.0. The molecule has 150 valence electrons. The van der Waals surface area contributed by atoms with E-state index in [1.165, 1.54) is 25.7 Å². The number of aliphatic imine (C=N–C) groups is 1. The van der Waals surface area contributed by atoms with Gasteiger partial charge in [-0.3, -0.25) is 9.79 Å². The molecule has 1 saturated heterocycles. The van der Waals surface area contributed by atoms with E-state index in [9.17, 15) is 4.79 Å². The van der Waals surface area contributed by atoms with E-state index in [-0.39, 0.29) is 5.91 Å². The molecule has 0 radical (unpaired) electrons. The highest BCUT2D eigenvalue weighted by atomic mass is 16.5. The van der Waals surface area contributed by atoms with Gasteiger partial charge in [-0.15, -0.1) is 0 Å². The van der Waals surface area contributed by atoms with Crippen LogP contribution in [0.15, 0.2) is 4.99 Å². The number of primary amides is 1. The van der Waals surface area contributed by atoms with E-state index in [2.05, 4.69) is 24.1 Å². The summed E-state index contributed by atoms with van der Waals surface area (Å²) >= 11 is 0. The van der Waals surface area contributed by atoms with Crippen molar-refractivity contribution in [3.63, 3.8) is 0 Å². The molecule has 6 nitrogen and oxygen atoms in total. The second-order valence-electron chi connectivity index (χ2n) is 7.95. The average molecular weight is 367 g/mol. The van der Waals surface area contributed by atoms with Crippen molar-refractivity contribution in [2.75, 3.05) is 39.4 Å². The van der Waals surface area contributed by atoms with Crippen LogP contribution in [-0.4, -0.2) is 56.2 Å². The highest BCUT2D eigenvalue weighted by molar-refractivity contribution is 5.80. The van der Waals surface area contributed by atoms with Gasteiger partial charge in [0.2, 0.25) is 5.91 Å². The van der Waals surface area contributed by atoms with Gasteiger partial charge in [-0.1, -0.05) is 12.8 Å². The Hall–Kier alpha value is -1.30. The molecule has 0 aromatic heterocycles. The molecule has 1 heterocycles. The summed E-state index contributed by atoms with van der Waals surface area (Å²) in [5.74, 6) is 1.16. The van der Waals surface area contributed by atoms with E-state index in [0.29, 0.717) is 17.8 Å². The first-order valence-electron chi connectivity index (χ1n) is 10.5. The fraction of sp³-hybridized carbons (Fsp3) is 0.900. The molecule has 2 rings (SSSR count). The molecule has 0 bridgehead atoms. The standard InChI is InChI=1S/C20H38N4O2/c1-3-22-19(24-12-7-8-17(15-24)14-18(21)25)23-16-20(9-5-6-10-20)11-13-26-4-2/h17H,3-16H2,1-2H3,(H2,21,25)(H,22,23). The van der Waals surface area contributed by atoms with Crippen molar-refractivity contribution in [3.8, 4) is 0 Å². The van der Waals surface area contributed by atoms with Crippen LogP contribution in [0.2, 0.25) is 0 Å². The quantitative estimate of drug-likeness (QED) is 0.373. The van der Waals surface area contributed by atoms with E-state index < -0.39 is 0 Å². The zero-order valence-electron chi connectivity index (χ0n) is 16.8. The lowest BCUT2D eigenvalue weighted by atomic mass is 9.83. The third kappa shape index (κ3) is 6.45. The Morgan fingerprint density at radius 2 is 2.08 bits per heavy atom.